The van der Waals surface area contributed by atoms with Gasteiger partial charge in [0.1, 0.15) is 12.0 Å². The van der Waals surface area contributed by atoms with E-state index in [0.29, 0.717) is 10.6 Å². The summed E-state index contributed by atoms with van der Waals surface area (Å²) in [6.45, 7) is 0. The van der Waals surface area contributed by atoms with Crippen molar-refractivity contribution in [3.05, 3.63) is 34.6 Å². The molecule has 0 aromatic heterocycles. The first-order chi connectivity index (χ1) is 8.42. The van der Waals surface area contributed by atoms with Gasteiger partial charge in [-0.25, -0.2) is 8.78 Å². The Morgan fingerprint density at radius 2 is 2.00 bits per heavy atom. The topological polar surface area (TPSA) is 46.2 Å². The van der Waals surface area contributed by atoms with Crippen molar-refractivity contribution in [2.24, 2.45) is 5.73 Å². The van der Waals surface area contributed by atoms with E-state index >= 15 is 0 Å². The molecule has 0 spiro atoms. The molecule has 1 saturated carbocycles. The van der Waals surface area contributed by atoms with Crippen molar-refractivity contribution in [2.45, 2.75) is 43.5 Å². The maximum Gasteiger partial charge on any atom is 0.123 e. The molecule has 100 valence electrons. The van der Waals surface area contributed by atoms with E-state index in [1.165, 1.54) is 18.2 Å². The van der Waals surface area contributed by atoms with E-state index in [1.807, 2.05) is 0 Å². The van der Waals surface area contributed by atoms with Gasteiger partial charge in [0.2, 0.25) is 0 Å². The predicted molar refractivity (Wildman–Crippen MR) is 66.7 cm³/mol. The zero-order valence-corrected chi connectivity index (χ0v) is 10.6. The van der Waals surface area contributed by atoms with Gasteiger partial charge in [0.25, 0.3) is 0 Å². The second-order valence-corrected chi connectivity index (χ2v) is 5.33. The molecule has 1 aliphatic carbocycles. The summed E-state index contributed by atoms with van der Waals surface area (Å²) in [6, 6.07) is 3.08. The first-order valence-electron chi connectivity index (χ1n) is 5.99. The maximum atomic E-state index is 13.2. The first kappa shape index (κ1) is 13.7. The number of nitrogens with two attached hydrogens (primary N) is 1. The molecule has 1 atom stereocenters. The lowest BCUT2D eigenvalue weighted by Gasteiger charge is -2.38. The van der Waals surface area contributed by atoms with E-state index in [2.05, 4.69) is 0 Å². The summed E-state index contributed by atoms with van der Waals surface area (Å²) in [6.07, 6.45) is 0.193. The largest absolute Gasteiger partial charge is 0.388 e. The summed E-state index contributed by atoms with van der Waals surface area (Å²) < 4.78 is 26.3. The summed E-state index contributed by atoms with van der Waals surface area (Å²) in [5.41, 5.74) is 5.16. The minimum Gasteiger partial charge on any atom is -0.388 e. The van der Waals surface area contributed by atoms with Crippen LogP contribution in [-0.2, 0) is 0 Å². The van der Waals surface area contributed by atoms with Crippen molar-refractivity contribution < 1.29 is 13.9 Å². The Hall–Kier alpha value is -0.710. The van der Waals surface area contributed by atoms with Crippen LogP contribution >= 0.6 is 11.6 Å². The normalized spacial score (nSPS) is 30.2. The average Bonchev–Trinajstić information content (AvgIpc) is 2.35. The highest BCUT2D eigenvalue weighted by Gasteiger charge is 2.40. The van der Waals surface area contributed by atoms with Crippen LogP contribution in [0.2, 0.25) is 5.02 Å². The van der Waals surface area contributed by atoms with Gasteiger partial charge in [-0.05, 0) is 49.4 Å². The summed E-state index contributed by atoms with van der Waals surface area (Å²) in [7, 11) is 0. The van der Waals surface area contributed by atoms with Crippen molar-refractivity contribution in [3.63, 3.8) is 0 Å². The molecular weight excluding hydrogens is 260 g/mol. The maximum absolute atomic E-state index is 13.2. The number of rotatable bonds is 2. The highest BCUT2D eigenvalue weighted by molar-refractivity contribution is 6.31. The Bertz CT molecular complexity index is 433. The molecule has 2 nitrogen and oxygen atoms in total. The summed E-state index contributed by atoms with van der Waals surface area (Å²) >= 11 is 5.97. The smallest absolute Gasteiger partial charge is 0.123 e. The number of benzene rings is 1. The second-order valence-electron chi connectivity index (χ2n) is 4.92. The van der Waals surface area contributed by atoms with Gasteiger partial charge in [0.15, 0.2) is 0 Å². The lowest BCUT2D eigenvalue weighted by Crippen LogP contribution is -2.44. The Labute approximate surface area is 110 Å². The third kappa shape index (κ3) is 2.66. The number of halogens is 3. The van der Waals surface area contributed by atoms with Crippen molar-refractivity contribution >= 4 is 11.6 Å². The molecule has 0 radical (unpaired) electrons. The van der Waals surface area contributed by atoms with E-state index < -0.39 is 23.6 Å². The van der Waals surface area contributed by atoms with E-state index in [0.717, 1.165) is 0 Å². The minimum absolute atomic E-state index is 0.266. The van der Waals surface area contributed by atoms with E-state index in [1.54, 1.807) is 0 Å². The van der Waals surface area contributed by atoms with Gasteiger partial charge in [-0.3, -0.25) is 0 Å². The average molecular weight is 276 g/mol. The summed E-state index contributed by atoms with van der Waals surface area (Å²) in [4.78, 5) is 0. The van der Waals surface area contributed by atoms with Gasteiger partial charge < -0.3 is 10.8 Å². The van der Waals surface area contributed by atoms with Gasteiger partial charge >= 0.3 is 0 Å². The fourth-order valence-electron chi connectivity index (χ4n) is 2.44. The lowest BCUT2D eigenvalue weighted by molar-refractivity contribution is -0.0364. The molecule has 1 aromatic carbocycles. The zero-order valence-electron chi connectivity index (χ0n) is 9.87. The van der Waals surface area contributed by atoms with E-state index in [-0.39, 0.29) is 25.7 Å². The van der Waals surface area contributed by atoms with Crippen LogP contribution in [0.25, 0.3) is 0 Å². The Morgan fingerprint density at radius 3 is 2.61 bits per heavy atom. The van der Waals surface area contributed by atoms with Crippen LogP contribution in [0.1, 0.15) is 37.3 Å². The molecule has 1 aromatic rings. The molecule has 2 rings (SSSR count). The van der Waals surface area contributed by atoms with Gasteiger partial charge in [-0.15, -0.1) is 0 Å². The predicted octanol–water partition coefficient (Wildman–Crippen LogP) is 3.12. The van der Waals surface area contributed by atoms with E-state index in [4.69, 9.17) is 17.3 Å². The van der Waals surface area contributed by atoms with Crippen LogP contribution in [0.3, 0.4) is 0 Å². The quantitative estimate of drug-likeness (QED) is 0.871. The molecule has 1 fully saturated rings. The summed E-state index contributed by atoms with van der Waals surface area (Å²) in [5, 5.41) is 10.8. The minimum atomic E-state index is -1.21. The third-order valence-electron chi connectivity index (χ3n) is 3.65. The molecule has 18 heavy (non-hydrogen) atoms. The molecule has 1 unspecified atom stereocenters. The monoisotopic (exact) mass is 275 g/mol. The Balaban J connectivity index is 2.24. The third-order valence-corrected chi connectivity index (χ3v) is 4.00. The van der Waals surface area contributed by atoms with Crippen LogP contribution in [0.5, 0.6) is 0 Å². The van der Waals surface area contributed by atoms with Gasteiger partial charge in [0, 0.05) is 5.02 Å². The fraction of sp³-hybridized carbons (Fsp3) is 0.538. The molecule has 3 N–H and O–H groups in total. The molecule has 5 heteroatoms. The Kier molecular flexibility index (Phi) is 3.90. The van der Waals surface area contributed by atoms with Crippen molar-refractivity contribution in [1.29, 1.82) is 0 Å². The van der Waals surface area contributed by atoms with Crippen LogP contribution < -0.4 is 5.73 Å². The number of hydrogen-bond donors (Lipinski definition) is 2. The van der Waals surface area contributed by atoms with Gasteiger partial charge in [0.05, 0.1) is 11.6 Å². The second kappa shape index (κ2) is 5.11. The number of hydrogen-bond acceptors (Lipinski definition) is 2. The molecule has 0 saturated heterocycles. The van der Waals surface area contributed by atoms with Crippen molar-refractivity contribution in [2.75, 3.05) is 0 Å². The van der Waals surface area contributed by atoms with Crippen molar-refractivity contribution in [3.8, 4) is 0 Å². The molecule has 0 aliphatic heterocycles. The molecule has 0 amide bonds. The zero-order chi connectivity index (χ0) is 13.3. The van der Waals surface area contributed by atoms with Crippen LogP contribution in [0, 0.1) is 5.82 Å². The molecule has 0 heterocycles. The van der Waals surface area contributed by atoms with Crippen LogP contribution in [0.15, 0.2) is 18.2 Å². The number of alkyl halides is 1. The van der Waals surface area contributed by atoms with Gasteiger partial charge in [-0.2, -0.15) is 0 Å². The standard InChI is InChI=1S/C13H16ClF2NO/c14-11-2-1-9(16)7-10(11)12(17)13(18)5-3-8(15)4-6-13/h1-2,7-8,12,18H,3-6,17H2/t8-,12?,13+. The molecule has 1 aliphatic rings. The Morgan fingerprint density at radius 1 is 1.39 bits per heavy atom. The molecular formula is C13H16ClF2NO. The van der Waals surface area contributed by atoms with E-state index in [9.17, 15) is 13.9 Å². The summed E-state index contributed by atoms with van der Waals surface area (Å²) in [5.74, 6) is -0.451. The fourth-order valence-corrected chi connectivity index (χ4v) is 2.67. The van der Waals surface area contributed by atoms with Crippen LogP contribution in [-0.4, -0.2) is 16.9 Å². The number of aliphatic hydroxyl groups is 1. The first-order valence-corrected chi connectivity index (χ1v) is 6.37. The lowest BCUT2D eigenvalue weighted by atomic mass is 9.76. The van der Waals surface area contributed by atoms with Crippen LogP contribution in [0.4, 0.5) is 8.78 Å². The SMILES string of the molecule is NC(c1cc(F)ccc1Cl)[C@]1(O)CC[C@@H](F)CC1. The molecule has 0 bridgehead atoms. The van der Waals surface area contributed by atoms with Crippen molar-refractivity contribution in [1.82, 2.24) is 0 Å². The highest BCUT2D eigenvalue weighted by Crippen LogP contribution is 2.39. The van der Waals surface area contributed by atoms with Gasteiger partial charge in [-0.1, -0.05) is 11.6 Å². The highest BCUT2D eigenvalue weighted by atomic mass is 35.5.